The van der Waals surface area contributed by atoms with Crippen molar-refractivity contribution in [3.05, 3.63) is 150 Å². The van der Waals surface area contributed by atoms with Crippen molar-refractivity contribution in [1.82, 2.24) is 4.57 Å². The van der Waals surface area contributed by atoms with Crippen molar-refractivity contribution in [3.63, 3.8) is 0 Å². The van der Waals surface area contributed by atoms with Crippen LogP contribution in [0.1, 0.15) is 22.3 Å². The van der Waals surface area contributed by atoms with E-state index in [0.717, 1.165) is 25.1 Å². The van der Waals surface area contributed by atoms with Gasteiger partial charge >= 0.3 is 0 Å². The van der Waals surface area contributed by atoms with E-state index >= 15 is 0 Å². The van der Waals surface area contributed by atoms with Crippen LogP contribution in [-0.2, 0) is 24.1 Å². The maximum absolute atomic E-state index is 9.71. The van der Waals surface area contributed by atoms with Crippen molar-refractivity contribution in [2.45, 2.75) is 31.5 Å². The highest BCUT2D eigenvalue weighted by Gasteiger charge is 2.32. The van der Waals surface area contributed by atoms with E-state index < -0.39 is 0 Å². The molecule has 6 aromatic rings. The predicted octanol–water partition coefficient (Wildman–Crippen LogP) is 7.77. The number of nitriles is 1. The second-order valence-electron chi connectivity index (χ2n) is 11.3. The van der Waals surface area contributed by atoms with Gasteiger partial charge in [0.25, 0.3) is 0 Å². The predicted molar refractivity (Wildman–Crippen MR) is 171 cm³/mol. The Morgan fingerprint density at radius 2 is 1.45 bits per heavy atom. The van der Waals surface area contributed by atoms with Crippen LogP contribution in [0.4, 0.5) is 5.69 Å². The molecule has 4 nitrogen and oxygen atoms in total. The first kappa shape index (κ1) is 26.1. The van der Waals surface area contributed by atoms with Gasteiger partial charge in [-0.15, -0.1) is 0 Å². The van der Waals surface area contributed by atoms with Gasteiger partial charge in [0, 0.05) is 29.3 Å². The lowest BCUT2D eigenvalue weighted by Gasteiger charge is -2.44. The van der Waals surface area contributed by atoms with Gasteiger partial charge in [0.1, 0.15) is 0 Å². The molecule has 1 aliphatic rings. The Hall–Kier alpha value is -4.85. The second kappa shape index (κ2) is 11.6. The summed E-state index contributed by atoms with van der Waals surface area (Å²) in [5.41, 5.74) is 6.92. The lowest BCUT2D eigenvalue weighted by molar-refractivity contribution is 0.0665. The van der Waals surface area contributed by atoms with Gasteiger partial charge < -0.3 is 14.2 Å². The first-order valence-corrected chi connectivity index (χ1v) is 14.7. The fourth-order valence-corrected chi connectivity index (χ4v) is 6.56. The molecule has 0 unspecified atom stereocenters. The average molecular weight is 548 g/mol. The van der Waals surface area contributed by atoms with Crippen LogP contribution in [0.3, 0.4) is 0 Å². The van der Waals surface area contributed by atoms with Gasteiger partial charge in [-0.05, 0) is 64.6 Å². The van der Waals surface area contributed by atoms with Crippen molar-refractivity contribution in [2.75, 3.05) is 18.1 Å². The molecule has 0 N–H and O–H groups in total. The lowest BCUT2D eigenvalue weighted by Crippen LogP contribution is -2.54. The number of para-hydroxylation sites is 1. The number of aromatic nitrogens is 1. The largest absolute Gasteiger partial charge is 0.377 e. The molecule has 1 aliphatic heterocycles. The number of rotatable bonds is 7. The maximum atomic E-state index is 9.71. The zero-order valence-corrected chi connectivity index (χ0v) is 23.6. The Morgan fingerprint density at radius 3 is 2.31 bits per heavy atom. The fourth-order valence-electron chi connectivity index (χ4n) is 6.56. The average Bonchev–Trinajstić information content (AvgIpc) is 3.38. The number of ether oxygens (including phenoxy) is 1. The Balaban J connectivity index is 1.24. The summed E-state index contributed by atoms with van der Waals surface area (Å²) in [6.45, 7) is 2.13. The molecule has 5 aromatic carbocycles. The summed E-state index contributed by atoms with van der Waals surface area (Å²) in [7, 11) is 0. The monoisotopic (exact) mass is 547 g/mol. The van der Waals surface area contributed by atoms with Crippen LogP contribution < -0.4 is 4.90 Å². The van der Waals surface area contributed by atoms with E-state index in [1.165, 1.54) is 38.4 Å². The lowest BCUT2D eigenvalue weighted by atomic mass is 9.95. The third-order valence-electron chi connectivity index (χ3n) is 8.49. The Kier molecular flexibility index (Phi) is 7.18. The van der Waals surface area contributed by atoms with Crippen LogP contribution in [0, 0.1) is 11.3 Å². The van der Waals surface area contributed by atoms with E-state index in [2.05, 4.69) is 125 Å². The summed E-state index contributed by atoms with van der Waals surface area (Å²) in [5, 5.41) is 13.5. The van der Waals surface area contributed by atoms with Gasteiger partial charge in [0.05, 0.1) is 36.9 Å². The van der Waals surface area contributed by atoms with Crippen molar-refractivity contribution >= 4 is 27.4 Å². The van der Waals surface area contributed by atoms with Gasteiger partial charge in [-0.2, -0.15) is 5.26 Å². The van der Waals surface area contributed by atoms with Crippen molar-refractivity contribution in [2.24, 2.45) is 0 Å². The van der Waals surface area contributed by atoms with Crippen molar-refractivity contribution < 1.29 is 4.74 Å². The van der Waals surface area contributed by atoms with E-state index in [-0.39, 0.29) is 12.1 Å². The molecule has 0 spiro atoms. The number of anilines is 1. The zero-order chi connectivity index (χ0) is 28.3. The minimum atomic E-state index is 0.133. The van der Waals surface area contributed by atoms with Gasteiger partial charge in [-0.1, -0.05) is 97.1 Å². The molecule has 1 saturated heterocycles. The minimum absolute atomic E-state index is 0.133. The summed E-state index contributed by atoms with van der Waals surface area (Å²) in [5.74, 6) is 0. The van der Waals surface area contributed by atoms with Crippen molar-refractivity contribution in [1.29, 1.82) is 5.26 Å². The Labute approximate surface area is 247 Å². The summed E-state index contributed by atoms with van der Waals surface area (Å²) >= 11 is 0. The normalized spacial score (nSPS) is 17.0. The van der Waals surface area contributed by atoms with Crippen LogP contribution in [0.5, 0.6) is 0 Å². The third kappa shape index (κ3) is 5.28. The molecular formula is C38H33N3O. The van der Waals surface area contributed by atoms with Crippen LogP contribution in [0.25, 0.3) is 21.7 Å². The van der Waals surface area contributed by atoms with Gasteiger partial charge in [-0.25, -0.2) is 0 Å². The van der Waals surface area contributed by atoms with E-state index in [9.17, 15) is 5.26 Å². The first-order chi connectivity index (χ1) is 20.7. The summed E-state index contributed by atoms with van der Waals surface area (Å²) in [6.07, 6.45) is 4.05. The van der Waals surface area contributed by atoms with Crippen molar-refractivity contribution in [3.8, 4) is 6.07 Å². The fraction of sp³-hybridized carbons (Fsp3) is 0.184. The van der Waals surface area contributed by atoms with Gasteiger partial charge in [-0.3, -0.25) is 0 Å². The van der Waals surface area contributed by atoms with Crippen LogP contribution in [-0.4, -0.2) is 29.9 Å². The second-order valence-corrected chi connectivity index (χ2v) is 11.3. The zero-order valence-electron chi connectivity index (χ0n) is 23.6. The number of nitrogens with zero attached hydrogens (tertiary/aromatic N) is 3. The first-order valence-electron chi connectivity index (χ1n) is 14.7. The SMILES string of the molecule is N#Cc1cccc(N2[C@@H](Cc3cn(Cc4ccccc4)c4ccccc34)COC[C@H]2Cc2ccc3ccccc3c2)c1. The topological polar surface area (TPSA) is 41.2 Å². The molecule has 4 heteroatoms. The van der Waals surface area contributed by atoms with Crippen LogP contribution in [0.15, 0.2) is 128 Å². The smallest absolute Gasteiger partial charge is 0.0992 e. The number of morpholine rings is 1. The van der Waals surface area contributed by atoms with E-state index in [4.69, 9.17) is 4.74 Å². The van der Waals surface area contributed by atoms with Crippen LogP contribution >= 0.6 is 0 Å². The number of benzene rings is 5. The molecule has 0 bridgehead atoms. The van der Waals surface area contributed by atoms with Gasteiger partial charge in [0.15, 0.2) is 0 Å². The number of hydrogen-bond donors (Lipinski definition) is 0. The number of hydrogen-bond acceptors (Lipinski definition) is 3. The molecule has 0 amide bonds. The summed E-state index contributed by atoms with van der Waals surface area (Å²) in [4.78, 5) is 2.53. The molecule has 0 saturated carbocycles. The highest BCUT2D eigenvalue weighted by atomic mass is 16.5. The molecule has 1 aromatic heterocycles. The van der Waals surface area contributed by atoms with E-state index in [1.807, 2.05) is 18.2 Å². The number of fused-ring (bicyclic) bond motifs is 2. The molecule has 0 radical (unpaired) electrons. The summed E-state index contributed by atoms with van der Waals surface area (Å²) < 4.78 is 8.71. The standard InChI is InChI=1S/C38H33N3O/c39-23-30-11-8-14-34(21-30)41-35(20-29-17-18-31-12-4-5-13-32(31)19-29)26-42-27-36(41)22-33-25-40(24-28-9-2-1-3-10-28)38-16-7-6-15-37(33)38/h1-19,21,25,35-36H,20,22,24,26-27H2/t35-,36+/m1/s1. The molecular weight excluding hydrogens is 514 g/mol. The molecule has 7 rings (SSSR count). The Bertz CT molecular complexity index is 1880. The summed E-state index contributed by atoms with van der Waals surface area (Å²) in [6, 6.07) is 45.3. The molecule has 206 valence electrons. The molecule has 42 heavy (non-hydrogen) atoms. The molecule has 2 atom stereocenters. The Morgan fingerprint density at radius 1 is 0.690 bits per heavy atom. The highest BCUT2D eigenvalue weighted by Crippen LogP contribution is 2.31. The van der Waals surface area contributed by atoms with E-state index in [0.29, 0.717) is 18.8 Å². The minimum Gasteiger partial charge on any atom is -0.377 e. The third-order valence-corrected chi connectivity index (χ3v) is 8.49. The maximum Gasteiger partial charge on any atom is 0.0992 e. The quantitative estimate of drug-likeness (QED) is 0.205. The molecule has 1 fully saturated rings. The molecule has 0 aliphatic carbocycles. The van der Waals surface area contributed by atoms with Crippen LogP contribution in [0.2, 0.25) is 0 Å². The van der Waals surface area contributed by atoms with Gasteiger partial charge in [0.2, 0.25) is 0 Å². The highest BCUT2D eigenvalue weighted by molar-refractivity contribution is 5.84. The van der Waals surface area contributed by atoms with E-state index in [1.54, 1.807) is 0 Å². The molecule has 2 heterocycles.